The van der Waals surface area contributed by atoms with Crippen molar-refractivity contribution in [2.24, 2.45) is 0 Å². The highest BCUT2D eigenvalue weighted by atomic mass is 32.2. The van der Waals surface area contributed by atoms with Gasteiger partial charge in [0.25, 0.3) is 0 Å². The second-order valence-electron chi connectivity index (χ2n) is 7.14. The van der Waals surface area contributed by atoms with Crippen molar-refractivity contribution in [2.75, 3.05) is 45.1 Å². The van der Waals surface area contributed by atoms with Crippen molar-refractivity contribution in [1.82, 2.24) is 14.8 Å². The molecule has 0 aliphatic carbocycles. The van der Waals surface area contributed by atoms with Crippen molar-refractivity contribution in [3.05, 3.63) is 48.5 Å². The fourth-order valence-corrected chi connectivity index (χ4v) is 4.31. The number of aromatic nitrogens is 3. The van der Waals surface area contributed by atoms with Crippen LogP contribution in [0.5, 0.6) is 11.5 Å². The summed E-state index contributed by atoms with van der Waals surface area (Å²) in [4.78, 5) is 14.7. The van der Waals surface area contributed by atoms with Gasteiger partial charge in [0.2, 0.25) is 5.91 Å². The highest BCUT2D eigenvalue weighted by Crippen LogP contribution is 2.33. The lowest BCUT2D eigenvalue weighted by atomic mass is 10.2. The van der Waals surface area contributed by atoms with E-state index in [4.69, 9.17) is 14.2 Å². The van der Waals surface area contributed by atoms with Gasteiger partial charge in [-0.15, -0.1) is 10.2 Å². The Morgan fingerprint density at radius 1 is 1.03 bits per heavy atom. The zero-order chi connectivity index (χ0) is 23.6. The molecule has 1 aromatic heterocycles. The molecule has 176 valence electrons. The van der Waals surface area contributed by atoms with Crippen molar-refractivity contribution < 1.29 is 19.0 Å². The Kier molecular flexibility index (Phi) is 9.14. The molecular formula is C24H30N4O4S. The number of hydrogen-bond donors (Lipinski definition) is 0. The van der Waals surface area contributed by atoms with Crippen LogP contribution in [0.4, 0.5) is 5.69 Å². The third-order valence-electron chi connectivity index (χ3n) is 5.10. The highest BCUT2D eigenvalue weighted by Gasteiger charge is 2.19. The van der Waals surface area contributed by atoms with Crippen LogP contribution in [0, 0.1) is 0 Å². The number of anilines is 1. The average molecular weight is 471 g/mol. The van der Waals surface area contributed by atoms with E-state index in [-0.39, 0.29) is 11.7 Å². The summed E-state index contributed by atoms with van der Waals surface area (Å²) in [6.07, 6.45) is 0.793. The number of nitrogens with zero attached hydrogens (tertiary/aromatic N) is 4. The summed E-state index contributed by atoms with van der Waals surface area (Å²) >= 11 is 1.39. The average Bonchev–Trinajstić information content (AvgIpc) is 3.26. The number of amides is 1. The number of para-hydroxylation sites is 1. The highest BCUT2D eigenvalue weighted by molar-refractivity contribution is 7.99. The van der Waals surface area contributed by atoms with Gasteiger partial charge in [0.15, 0.2) is 22.5 Å². The van der Waals surface area contributed by atoms with Crippen LogP contribution < -0.4 is 14.4 Å². The molecule has 8 nitrogen and oxygen atoms in total. The van der Waals surface area contributed by atoms with Crippen molar-refractivity contribution in [3.8, 4) is 22.9 Å². The first-order valence-electron chi connectivity index (χ1n) is 10.8. The molecule has 0 aliphatic rings. The molecule has 0 N–H and O–H groups in total. The number of benzene rings is 2. The zero-order valence-corrected chi connectivity index (χ0v) is 20.3. The van der Waals surface area contributed by atoms with Gasteiger partial charge in [0, 0.05) is 38.1 Å². The third-order valence-corrected chi connectivity index (χ3v) is 6.05. The van der Waals surface area contributed by atoms with E-state index in [1.807, 2.05) is 60.0 Å². The van der Waals surface area contributed by atoms with Gasteiger partial charge < -0.3 is 23.7 Å². The van der Waals surface area contributed by atoms with Crippen molar-refractivity contribution in [3.63, 3.8) is 0 Å². The number of hydrogen-bond acceptors (Lipinski definition) is 7. The van der Waals surface area contributed by atoms with Gasteiger partial charge in [0.1, 0.15) is 0 Å². The molecule has 0 spiro atoms. The van der Waals surface area contributed by atoms with Gasteiger partial charge in [-0.3, -0.25) is 4.79 Å². The van der Waals surface area contributed by atoms with Crippen molar-refractivity contribution in [1.29, 1.82) is 0 Å². The lowest BCUT2D eigenvalue weighted by Gasteiger charge is -2.20. The molecule has 2 aromatic carbocycles. The second-order valence-corrected chi connectivity index (χ2v) is 8.08. The van der Waals surface area contributed by atoms with Gasteiger partial charge in [-0.25, -0.2) is 0 Å². The minimum atomic E-state index is 0.0211. The Labute approximate surface area is 198 Å². The molecule has 3 aromatic rings. The molecule has 0 saturated carbocycles. The summed E-state index contributed by atoms with van der Waals surface area (Å²) < 4.78 is 18.0. The SMILES string of the molecule is CCN(C(=O)CSc1nnc(-c2ccc(OC)c(OC)c2)n1CCCOC)c1ccccc1. The molecule has 9 heteroatoms. The molecular weight excluding hydrogens is 440 g/mol. The summed E-state index contributed by atoms with van der Waals surface area (Å²) in [7, 11) is 4.88. The Morgan fingerprint density at radius 2 is 1.79 bits per heavy atom. The maximum atomic E-state index is 12.9. The smallest absolute Gasteiger partial charge is 0.237 e. The molecule has 0 aliphatic heterocycles. The van der Waals surface area contributed by atoms with Crippen molar-refractivity contribution >= 4 is 23.4 Å². The molecule has 0 unspecified atom stereocenters. The minimum absolute atomic E-state index is 0.0211. The molecule has 0 atom stereocenters. The standard InChI is InChI=1S/C24H30N4O4S/c1-5-27(19-10-7-6-8-11-19)22(29)17-33-24-26-25-23(28(24)14-9-15-30-2)18-12-13-20(31-3)21(16-18)32-4/h6-8,10-13,16H,5,9,14-15,17H2,1-4H3. The maximum Gasteiger partial charge on any atom is 0.237 e. The van der Waals surface area contributed by atoms with Gasteiger partial charge >= 0.3 is 0 Å². The molecule has 0 fully saturated rings. The third kappa shape index (κ3) is 6.06. The van der Waals surface area contributed by atoms with Gasteiger partial charge in [-0.05, 0) is 43.7 Å². The van der Waals surface area contributed by atoms with E-state index < -0.39 is 0 Å². The second kappa shape index (κ2) is 12.3. The Balaban J connectivity index is 1.83. The number of ether oxygens (including phenoxy) is 3. The molecule has 0 saturated heterocycles. The lowest BCUT2D eigenvalue weighted by molar-refractivity contribution is -0.116. The summed E-state index contributed by atoms with van der Waals surface area (Å²) in [5.41, 5.74) is 1.74. The molecule has 1 amide bonds. The number of carbonyl (C=O) groups is 1. The Morgan fingerprint density at radius 3 is 2.45 bits per heavy atom. The fourth-order valence-electron chi connectivity index (χ4n) is 3.47. The van der Waals surface area contributed by atoms with Crippen LogP contribution >= 0.6 is 11.8 Å². The molecule has 0 bridgehead atoms. The van der Waals surface area contributed by atoms with E-state index in [0.29, 0.717) is 42.2 Å². The number of carbonyl (C=O) groups excluding carboxylic acids is 1. The van der Waals surface area contributed by atoms with E-state index in [1.54, 1.807) is 26.2 Å². The van der Waals surface area contributed by atoms with E-state index in [1.165, 1.54) is 11.8 Å². The van der Waals surface area contributed by atoms with E-state index in [9.17, 15) is 4.79 Å². The Bertz CT molecular complexity index is 1040. The topological polar surface area (TPSA) is 78.7 Å². The van der Waals surface area contributed by atoms with Crippen LogP contribution in [0.2, 0.25) is 0 Å². The van der Waals surface area contributed by atoms with Crippen LogP contribution in [0.3, 0.4) is 0 Å². The summed E-state index contributed by atoms with van der Waals surface area (Å²) in [5, 5.41) is 9.51. The van der Waals surface area contributed by atoms with Gasteiger partial charge in [-0.2, -0.15) is 0 Å². The normalized spacial score (nSPS) is 10.8. The molecule has 3 rings (SSSR count). The predicted molar refractivity (Wildman–Crippen MR) is 130 cm³/mol. The zero-order valence-electron chi connectivity index (χ0n) is 19.5. The monoisotopic (exact) mass is 470 g/mol. The van der Waals surface area contributed by atoms with Crippen LogP contribution in [0.1, 0.15) is 13.3 Å². The molecule has 0 radical (unpaired) electrons. The maximum absolute atomic E-state index is 12.9. The summed E-state index contributed by atoms with van der Waals surface area (Å²) in [6, 6.07) is 15.3. The van der Waals surface area contributed by atoms with Crippen molar-refractivity contribution in [2.45, 2.75) is 25.0 Å². The first kappa shape index (κ1) is 24.6. The van der Waals surface area contributed by atoms with Crippen LogP contribution in [0.25, 0.3) is 11.4 Å². The number of rotatable bonds is 12. The number of thioether (sulfide) groups is 1. The van der Waals surface area contributed by atoms with E-state index in [2.05, 4.69) is 10.2 Å². The van der Waals surface area contributed by atoms with Crippen LogP contribution in [-0.4, -0.2) is 60.9 Å². The first-order chi connectivity index (χ1) is 16.1. The van der Waals surface area contributed by atoms with Crippen LogP contribution in [-0.2, 0) is 16.1 Å². The largest absolute Gasteiger partial charge is 0.493 e. The predicted octanol–water partition coefficient (Wildman–Crippen LogP) is 4.14. The van der Waals surface area contributed by atoms with Gasteiger partial charge in [0.05, 0.1) is 20.0 Å². The van der Waals surface area contributed by atoms with Crippen LogP contribution in [0.15, 0.2) is 53.7 Å². The Hall–Kier alpha value is -3.04. The lowest BCUT2D eigenvalue weighted by Crippen LogP contribution is -2.32. The molecule has 33 heavy (non-hydrogen) atoms. The quantitative estimate of drug-likeness (QED) is 0.291. The van der Waals surface area contributed by atoms with Gasteiger partial charge in [-0.1, -0.05) is 30.0 Å². The minimum Gasteiger partial charge on any atom is -0.493 e. The van der Waals surface area contributed by atoms with E-state index in [0.717, 1.165) is 17.7 Å². The summed E-state index contributed by atoms with van der Waals surface area (Å²) in [5.74, 6) is 2.25. The first-order valence-corrected chi connectivity index (χ1v) is 11.7. The number of methoxy groups -OCH3 is 3. The summed E-state index contributed by atoms with van der Waals surface area (Å²) in [6.45, 7) is 3.85. The fraction of sp³-hybridized carbons (Fsp3) is 0.375. The van der Waals surface area contributed by atoms with E-state index >= 15 is 0 Å². The molecule has 1 heterocycles.